The summed E-state index contributed by atoms with van der Waals surface area (Å²) in [5, 5.41) is 10.1. The summed E-state index contributed by atoms with van der Waals surface area (Å²) in [6, 6.07) is 12.9. The third-order valence-corrected chi connectivity index (χ3v) is 6.36. The van der Waals surface area contributed by atoms with Gasteiger partial charge < -0.3 is 9.88 Å². The van der Waals surface area contributed by atoms with E-state index in [2.05, 4.69) is 67.3 Å². The Labute approximate surface area is 180 Å². The minimum absolute atomic E-state index is 0.908. The molecule has 1 aliphatic rings. The average Bonchev–Trinajstić information content (AvgIpc) is 3.43. The number of aryl methyl sites for hydroxylation is 1. The average molecular weight is 409 g/mol. The van der Waals surface area contributed by atoms with Crippen molar-refractivity contribution >= 4 is 27.5 Å². The SMILES string of the molecule is Cc1ccncc1-c1cc2c(-c3cc4c(N5CCCCC5)cccc4[nH]3)n[nH]c2cn1. The first kappa shape index (κ1) is 18.1. The number of anilines is 1. The molecule has 0 atom stereocenters. The van der Waals surface area contributed by atoms with E-state index in [0.717, 1.165) is 57.7 Å². The molecule has 0 spiro atoms. The molecule has 6 heteroatoms. The molecule has 1 aliphatic heterocycles. The number of nitrogens with one attached hydrogen (secondary N) is 2. The number of fused-ring (bicyclic) bond motifs is 2. The molecule has 4 aromatic heterocycles. The predicted octanol–water partition coefficient (Wildman–Crippen LogP) is 5.47. The number of hydrogen-bond donors (Lipinski definition) is 2. The highest BCUT2D eigenvalue weighted by molar-refractivity contribution is 6.00. The number of piperidine rings is 1. The Morgan fingerprint density at radius 1 is 0.935 bits per heavy atom. The van der Waals surface area contributed by atoms with Gasteiger partial charge in [0.05, 0.1) is 23.1 Å². The first-order chi connectivity index (χ1) is 15.3. The van der Waals surface area contributed by atoms with Crippen LogP contribution in [0.5, 0.6) is 0 Å². The fourth-order valence-electron chi connectivity index (χ4n) is 4.68. The molecule has 31 heavy (non-hydrogen) atoms. The second kappa shape index (κ2) is 7.23. The summed E-state index contributed by atoms with van der Waals surface area (Å²) in [5.74, 6) is 0. The third kappa shape index (κ3) is 3.06. The number of nitrogens with zero attached hydrogens (tertiary/aromatic N) is 4. The summed E-state index contributed by atoms with van der Waals surface area (Å²) in [5.41, 5.74) is 8.43. The number of aromatic nitrogens is 5. The van der Waals surface area contributed by atoms with Crippen LogP contribution >= 0.6 is 0 Å². The van der Waals surface area contributed by atoms with Gasteiger partial charge in [-0.25, -0.2) is 0 Å². The van der Waals surface area contributed by atoms with Crippen molar-refractivity contribution < 1.29 is 0 Å². The van der Waals surface area contributed by atoms with Crippen LogP contribution in [0.2, 0.25) is 0 Å². The second-order valence-electron chi connectivity index (χ2n) is 8.35. The zero-order valence-electron chi connectivity index (χ0n) is 17.5. The lowest BCUT2D eigenvalue weighted by molar-refractivity contribution is 0.579. The molecule has 0 bridgehead atoms. The second-order valence-corrected chi connectivity index (χ2v) is 8.35. The molecule has 1 aromatic carbocycles. The molecule has 0 radical (unpaired) electrons. The van der Waals surface area contributed by atoms with Gasteiger partial charge >= 0.3 is 0 Å². The summed E-state index contributed by atoms with van der Waals surface area (Å²) in [6.45, 7) is 4.34. The van der Waals surface area contributed by atoms with Crippen LogP contribution in [0, 0.1) is 6.92 Å². The maximum absolute atomic E-state index is 4.63. The Kier molecular flexibility index (Phi) is 4.23. The van der Waals surface area contributed by atoms with Gasteiger partial charge in [0.25, 0.3) is 0 Å². The monoisotopic (exact) mass is 408 g/mol. The Bertz CT molecular complexity index is 1390. The molecule has 6 rings (SSSR count). The fourth-order valence-corrected chi connectivity index (χ4v) is 4.68. The summed E-state index contributed by atoms with van der Waals surface area (Å²) < 4.78 is 0. The quantitative estimate of drug-likeness (QED) is 0.415. The Hall–Kier alpha value is -3.67. The van der Waals surface area contributed by atoms with E-state index in [4.69, 9.17) is 0 Å². The Morgan fingerprint density at radius 2 is 1.84 bits per heavy atom. The maximum Gasteiger partial charge on any atom is 0.116 e. The molecule has 154 valence electrons. The number of H-pyrrole nitrogens is 2. The van der Waals surface area contributed by atoms with Crippen LogP contribution in [0.25, 0.3) is 44.5 Å². The van der Waals surface area contributed by atoms with Crippen molar-refractivity contribution in [3.63, 3.8) is 0 Å². The largest absolute Gasteiger partial charge is 0.371 e. The topological polar surface area (TPSA) is 73.5 Å². The molecule has 0 saturated carbocycles. The molecule has 0 unspecified atom stereocenters. The van der Waals surface area contributed by atoms with E-state index in [1.54, 1.807) is 0 Å². The number of benzene rings is 1. The van der Waals surface area contributed by atoms with Gasteiger partial charge in [0.2, 0.25) is 0 Å². The lowest BCUT2D eigenvalue weighted by Crippen LogP contribution is -2.29. The van der Waals surface area contributed by atoms with E-state index >= 15 is 0 Å². The van der Waals surface area contributed by atoms with Crippen LogP contribution < -0.4 is 4.90 Å². The minimum atomic E-state index is 0.908. The lowest BCUT2D eigenvalue weighted by Gasteiger charge is -2.29. The fraction of sp³-hybridized carbons (Fsp3) is 0.240. The third-order valence-electron chi connectivity index (χ3n) is 6.36. The zero-order chi connectivity index (χ0) is 20.8. The van der Waals surface area contributed by atoms with Gasteiger partial charge in [0.1, 0.15) is 5.69 Å². The highest BCUT2D eigenvalue weighted by atomic mass is 15.1. The summed E-state index contributed by atoms with van der Waals surface area (Å²) in [4.78, 5) is 15.0. The van der Waals surface area contributed by atoms with Gasteiger partial charge in [0, 0.05) is 53.0 Å². The molecule has 0 aliphatic carbocycles. The van der Waals surface area contributed by atoms with Gasteiger partial charge in [0.15, 0.2) is 0 Å². The molecule has 6 nitrogen and oxygen atoms in total. The van der Waals surface area contributed by atoms with Crippen molar-refractivity contribution in [1.29, 1.82) is 0 Å². The molecular weight excluding hydrogens is 384 g/mol. The van der Waals surface area contributed by atoms with E-state index < -0.39 is 0 Å². The van der Waals surface area contributed by atoms with Crippen molar-refractivity contribution in [2.75, 3.05) is 18.0 Å². The number of pyridine rings is 2. The molecule has 0 amide bonds. The predicted molar refractivity (Wildman–Crippen MR) is 125 cm³/mol. The van der Waals surface area contributed by atoms with Crippen molar-refractivity contribution in [3.8, 4) is 22.6 Å². The Morgan fingerprint density at radius 3 is 2.71 bits per heavy atom. The summed E-state index contributed by atoms with van der Waals surface area (Å²) in [7, 11) is 0. The van der Waals surface area contributed by atoms with Crippen LogP contribution in [-0.4, -0.2) is 38.2 Å². The Balaban J connectivity index is 1.47. The number of aromatic amines is 2. The zero-order valence-corrected chi connectivity index (χ0v) is 17.5. The minimum Gasteiger partial charge on any atom is -0.371 e. The van der Waals surface area contributed by atoms with E-state index in [1.165, 1.54) is 30.3 Å². The maximum atomic E-state index is 4.63. The standard InChI is InChI=1S/C25H24N6/c1-16-8-9-26-14-19(16)21-13-18-23(15-27-21)29-30-25(18)22-12-17-20(28-22)6-5-7-24(17)31-10-3-2-4-11-31/h5-9,12-15,28H,2-4,10-11H2,1H3,(H,29,30). The van der Waals surface area contributed by atoms with E-state index in [1.807, 2.05) is 24.7 Å². The van der Waals surface area contributed by atoms with Gasteiger partial charge in [-0.05, 0) is 62.1 Å². The molecule has 5 heterocycles. The highest BCUT2D eigenvalue weighted by Gasteiger charge is 2.17. The van der Waals surface area contributed by atoms with Crippen LogP contribution in [-0.2, 0) is 0 Å². The van der Waals surface area contributed by atoms with Gasteiger partial charge in [-0.1, -0.05) is 6.07 Å². The van der Waals surface area contributed by atoms with Crippen LogP contribution in [0.15, 0.2) is 55.0 Å². The molecule has 1 saturated heterocycles. The van der Waals surface area contributed by atoms with Crippen molar-refractivity contribution in [2.24, 2.45) is 0 Å². The molecule has 2 N–H and O–H groups in total. The summed E-state index contributed by atoms with van der Waals surface area (Å²) >= 11 is 0. The van der Waals surface area contributed by atoms with Crippen molar-refractivity contribution in [1.82, 2.24) is 25.1 Å². The highest BCUT2D eigenvalue weighted by Crippen LogP contribution is 2.35. The van der Waals surface area contributed by atoms with Crippen molar-refractivity contribution in [3.05, 3.63) is 60.6 Å². The van der Waals surface area contributed by atoms with Crippen LogP contribution in [0.4, 0.5) is 5.69 Å². The van der Waals surface area contributed by atoms with Crippen LogP contribution in [0.3, 0.4) is 0 Å². The lowest BCUT2D eigenvalue weighted by atomic mass is 10.1. The molecular formula is C25H24N6. The smallest absolute Gasteiger partial charge is 0.116 e. The van der Waals surface area contributed by atoms with E-state index in [-0.39, 0.29) is 0 Å². The van der Waals surface area contributed by atoms with Gasteiger partial charge in [-0.3, -0.25) is 15.1 Å². The van der Waals surface area contributed by atoms with Gasteiger partial charge in [-0.15, -0.1) is 0 Å². The van der Waals surface area contributed by atoms with Gasteiger partial charge in [-0.2, -0.15) is 5.10 Å². The summed E-state index contributed by atoms with van der Waals surface area (Å²) in [6.07, 6.45) is 9.40. The van der Waals surface area contributed by atoms with E-state index in [9.17, 15) is 0 Å². The number of rotatable bonds is 3. The first-order valence-electron chi connectivity index (χ1n) is 10.9. The van der Waals surface area contributed by atoms with Crippen molar-refractivity contribution in [2.45, 2.75) is 26.2 Å². The molecule has 1 fully saturated rings. The first-order valence-corrected chi connectivity index (χ1v) is 10.9. The van der Waals surface area contributed by atoms with Crippen LogP contribution in [0.1, 0.15) is 24.8 Å². The number of hydrogen-bond acceptors (Lipinski definition) is 4. The normalized spacial score (nSPS) is 14.5. The molecule has 5 aromatic rings. The van der Waals surface area contributed by atoms with E-state index in [0.29, 0.717) is 0 Å².